The number of aromatic nitrogens is 6. The number of carbonyl (C=O) groups is 3. The zero-order chi connectivity index (χ0) is 48.7. The third-order valence-electron chi connectivity index (χ3n) is 9.98. The number of esters is 2. The van der Waals surface area contributed by atoms with Crippen molar-refractivity contribution < 1.29 is 80.6 Å². The van der Waals surface area contributed by atoms with Crippen LogP contribution in [0.15, 0.2) is 60.0 Å². The van der Waals surface area contributed by atoms with E-state index in [1.807, 2.05) is 6.07 Å². The molecular weight excluding hydrogens is 932 g/mol. The van der Waals surface area contributed by atoms with E-state index in [0.717, 1.165) is 16.5 Å². The van der Waals surface area contributed by atoms with E-state index >= 15 is 0 Å². The summed E-state index contributed by atoms with van der Waals surface area (Å²) in [5.74, 6) is -1.73. The third kappa shape index (κ3) is 14.3. The number of carbonyl (C=O) groups excluding carboxylic acids is 3. The normalized spacial score (nSPS) is 23.4. The van der Waals surface area contributed by atoms with Crippen molar-refractivity contribution >= 4 is 56.5 Å². The van der Waals surface area contributed by atoms with Crippen LogP contribution in [-0.2, 0) is 62.6 Å². The number of unbranched alkanes of at least 4 members (excludes halogenated alkanes) is 1. The van der Waals surface area contributed by atoms with Gasteiger partial charge in [-0.2, -0.15) is 4.98 Å². The Morgan fingerprint density at radius 2 is 1.70 bits per heavy atom. The first-order valence-electron chi connectivity index (χ1n) is 20.6. The van der Waals surface area contributed by atoms with Crippen molar-refractivity contribution in [1.82, 2.24) is 34.4 Å². The molecule has 1 unspecified atom stereocenters. The monoisotopic (exact) mass is 983 g/mol. The number of imidazole rings is 1. The lowest BCUT2D eigenvalue weighted by Gasteiger charge is -2.26. The predicted molar refractivity (Wildman–Crippen MR) is 227 cm³/mol. The number of anilines is 2. The Kier molecular flexibility index (Phi) is 16.5. The summed E-state index contributed by atoms with van der Waals surface area (Å²) in [5, 5.41) is 14.2. The topological polar surface area (TPSA) is 383 Å². The summed E-state index contributed by atoms with van der Waals surface area (Å²) in [6.45, 7) is 3.08. The molecule has 0 radical (unpaired) electrons. The Balaban J connectivity index is 1.19. The van der Waals surface area contributed by atoms with Crippen molar-refractivity contribution in [2.24, 2.45) is 0 Å². The summed E-state index contributed by atoms with van der Waals surface area (Å²) >= 11 is 0. The summed E-state index contributed by atoms with van der Waals surface area (Å²) in [5.41, 5.74) is 10.7. The van der Waals surface area contributed by atoms with Gasteiger partial charge in [-0.05, 0) is 45.2 Å². The van der Waals surface area contributed by atoms with E-state index in [0.29, 0.717) is 0 Å². The molecule has 1 amide bonds. The molecule has 2 aliphatic rings. The number of nitrogens with one attached hydrogen (secondary N) is 1. The van der Waals surface area contributed by atoms with Crippen LogP contribution in [0.4, 0.5) is 16.4 Å². The lowest BCUT2D eigenvalue weighted by molar-refractivity contribution is -0.159. The molecule has 9 atom stereocenters. The zero-order valence-electron chi connectivity index (χ0n) is 36.2. The summed E-state index contributed by atoms with van der Waals surface area (Å²) in [7, 11) is -10.4. The minimum Gasteiger partial charge on any atom is -0.461 e. The molecule has 1 aromatic carbocycles. The Labute approximate surface area is 380 Å². The van der Waals surface area contributed by atoms with Crippen molar-refractivity contribution in [2.75, 3.05) is 24.7 Å². The van der Waals surface area contributed by atoms with E-state index in [1.54, 1.807) is 45.0 Å². The van der Waals surface area contributed by atoms with E-state index < -0.39 is 107 Å². The maximum absolute atomic E-state index is 14.0. The van der Waals surface area contributed by atoms with E-state index in [9.17, 15) is 48.1 Å². The summed E-state index contributed by atoms with van der Waals surface area (Å²) in [6.07, 6.45) is -8.23. The number of nitrogen functional groups attached to an aromatic ring is 2. The Hall–Kier alpha value is -5.44. The van der Waals surface area contributed by atoms with E-state index in [-0.39, 0.29) is 61.5 Å². The van der Waals surface area contributed by atoms with E-state index in [1.165, 1.54) is 23.2 Å². The fourth-order valence-corrected chi connectivity index (χ4v) is 8.25. The van der Waals surface area contributed by atoms with Crippen molar-refractivity contribution in [3.8, 4) is 0 Å². The molecule has 366 valence electrons. The number of hydrogen-bond donors (Lipinski definition) is 7. The number of amides is 1. The van der Waals surface area contributed by atoms with Crippen molar-refractivity contribution in [1.29, 1.82) is 0 Å². The van der Waals surface area contributed by atoms with Gasteiger partial charge in [0, 0.05) is 19.0 Å². The van der Waals surface area contributed by atoms with E-state index in [2.05, 4.69) is 29.8 Å². The second kappa shape index (κ2) is 21.7. The molecule has 0 bridgehead atoms. The first-order valence-corrected chi connectivity index (χ1v) is 23.6. The molecule has 27 nitrogen and oxygen atoms in total. The number of fused-ring (bicyclic) bond motifs is 1. The van der Waals surface area contributed by atoms with Crippen LogP contribution in [-0.4, -0.2) is 122 Å². The fraction of sp³-hybridized carbons (Fsp3) is 0.526. The summed E-state index contributed by atoms with van der Waals surface area (Å²) in [6, 6.07) is 8.88. The van der Waals surface area contributed by atoms with Gasteiger partial charge < -0.3 is 60.3 Å². The molecule has 2 fully saturated rings. The highest BCUT2D eigenvalue weighted by atomic mass is 31.2. The van der Waals surface area contributed by atoms with Crippen LogP contribution in [0, 0.1) is 0 Å². The molecular formula is C38H51N9O18P2. The lowest BCUT2D eigenvalue weighted by atomic mass is 10.1. The maximum atomic E-state index is 14.0. The van der Waals surface area contributed by atoms with Gasteiger partial charge in [0.2, 0.25) is 0 Å². The van der Waals surface area contributed by atoms with Gasteiger partial charge in [-0.15, -0.1) is 0 Å². The van der Waals surface area contributed by atoms with Crippen molar-refractivity contribution in [2.45, 2.75) is 114 Å². The number of ether oxygens (including phenoxy) is 5. The predicted octanol–water partition coefficient (Wildman–Crippen LogP) is 1.51. The molecule has 2 saturated heterocycles. The minimum absolute atomic E-state index is 0.0156. The maximum Gasteiger partial charge on any atom is 0.472 e. The Morgan fingerprint density at radius 3 is 2.40 bits per heavy atom. The number of phosphoric ester groups is 2. The average molecular weight is 984 g/mol. The number of nitrogens with zero attached hydrogens (tertiary/aromatic N) is 6. The standard InChI is InChI=1S/C38H51N9O18P2/c1-38(2,3)64-37(52)44-22(11-7-8-12-28(48)58-16-21-9-5-4-6-10-21)35(50)63-31-25(62-34(30(31)49)47-20-43-29-32(40)41-19-42-33(29)47)18-60-67(56,57)65-23-15-27(46-14-13-26(39)45-36(46)51)61-24(23)17-59-66(53,54)55/h4-6,9-10,13-14,19-20,22-25,27,30-31,34,49H,7-8,11-12,15-18H2,1-3H3,(H,44,52)(H,56,57)(H2,39,45,51)(H2,40,41,42)(H2,53,54,55)/t22-,23-,24+,25+,27+,30+,31+,34+/m0/s1. The van der Waals surface area contributed by atoms with Crippen LogP contribution in [0.2, 0.25) is 0 Å². The second-order valence-corrected chi connectivity index (χ2v) is 18.9. The van der Waals surface area contributed by atoms with Crippen LogP contribution in [0.25, 0.3) is 11.2 Å². The van der Waals surface area contributed by atoms with Crippen LogP contribution in [0.5, 0.6) is 0 Å². The van der Waals surface area contributed by atoms with Crippen molar-refractivity contribution in [3.05, 3.63) is 71.3 Å². The number of hydrogen-bond acceptors (Lipinski definition) is 21. The van der Waals surface area contributed by atoms with Gasteiger partial charge in [0.25, 0.3) is 0 Å². The van der Waals surface area contributed by atoms with Gasteiger partial charge in [0.05, 0.1) is 19.5 Å². The number of aliphatic hydroxyl groups excluding tert-OH is 1. The molecule has 6 rings (SSSR count). The van der Waals surface area contributed by atoms with E-state index in [4.69, 9.17) is 44.2 Å². The SMILES string of the molecule is CC(C)(C)OC(=O)N[C@@H](CCCCC(=O)OCc1ccccc1)C(=O)O[C@H]1[C@@H](O)[C@H](n2cnc3c(N)ncnc32)O[C@@H]1COP(=O)(O)O[C@H]1C[C@H](n2ccc(N)nc2=O)O[C@@H]1COP(=O)(O)O. The fourth-order valence-electron chi connectivity index (χ4n) is 6.95. The molecule has 2 aliphatic heterocycles. The van der Waals surface area contributed by atoms with Gasteiger partial charge in [-0.3, -0.25) is 27.5 Å². The largest absolute Gasteiger partial charge is 0.472 e. The Bertz CT molecular complexity index is 2520. The quantitative estimate of drug-likeness (QED) is 0.0285. The van der Waals surface area contributed by atoms with Crippen LogP contribution in [0.3, 0.4) is 0 Å². The lowest BCUT2D eigenvalue weighted by Crippen LogP contribution is -2.47. The Morgan fingerprint density at radius 1 is 0.970 bits per heavy atom. The van der Waals surface area contributed by atoms with Gasteiger partial charge >= 0.3 is 39.4 Å². The zero-order valence-corrected chi connectivity index (χ0v) is 38.0. The molecule has 5 heterocycles. The van der Waals surface area contributed by atoms with Gasteiger partial charge in [-0.1, -0.05) is 36.8 Å². The number of benzene rings is 1. The number of nitrogens with two attached hydrogens (primary N) is 2. The molecule has 29 heteroatoms. The first kappa shape index (κ1) is 51.0. The second-order valence-electron chi connectivity index (χ2n) is 16.2. The molecule has 67 heavy (non-hydrogen) atoms. The number of rotatable bonds is 20. The summed E-state index contributed by atoms with van der Waals surface area (Å²) in [4.78, 5) is 97.5. The molecule has 9 N–H and O–H groups in total. The number of phosphoric acid groups is 2. The molecule has 0 aliphatic carbocycles. The first-order chi connectivity index (χ1) is 31.6. The molecule has 0 saturated carbocycles. The highest BCUT2D eigenvalue weighted by Crippen LogP contribution is 2.50. The third-order valence-corrected chi connectivity index (χ3v) is 11.5. The van der Waals surface area contributed by atoms with Crippen molar-refractivity contribution in [3.63, 3.8) is 0 Å². The van der Waals surface area contributed by atoms with Crippen LogP contribution < -0.4 is 22.5 Å². The minimum atomic E-state index is -5.27. The molecule has 3 aromatic heterocycles. The summed E-state index contributed by atoms with van der Waals surface area (Å²) < 4.78 is 71.0. The number of alkyl carbamates (subject to hydrolysis) is 1. The van der Waals surface area contributed by atoms with Gasteiger partial charge in [0.1, 0.15) is 66.6 Å². The van der Waals surface area contributed by atoms with Crippen LogP contribution in [0.1, 0.15) is 70.9 Å². The van der Waals surface area contributed by atoms with Gasteiger partial charge in [0.15, 0.2) is 23.8 Å². The molecule has 0 spiro atoms. The highest BCUT2D eigenvalue weighted by Gasteiger charge is 2.50. The average Bonchev–Trinajstić information content (AvgIpc) is 3.94. The smallest absolute Gasteiger partial charge is 0.461 e. The van der Waals surface area contributed by atoms with Gasteiger partial charge in [-0.25, -0.2) is 38.5 Å². The highest BCUT2D eigenvalue weighted by molar-refractivity contribution is 7.47. The molecule has 4 aromatic rings. The van der Waals surface area contributed by atoms with Crippen LogP contribution >= 0.6 is 15.6 Å². The number of aliphatic hydroxyl groups is 1.